The first-order chi connectivity index (χ1) is 10.8. The molecule has 134 valence electrons. The van der Waals surface area contributed by atoms with Crippen molar-refractivity contribution in [2.24, 2.45) is 17.4 Å². The van der Waals surface area contributed by atoms with Crippen molar-refractivity contribution in [1.82, 2.24) is 0 Å². The van der Waals surface area contributed by atoms with Crippen LogP contribution in [-0.2, 0) is 0 Å². The molecule has 0 saturated heterocycles. The number of hydrogen-bond acceptors (Lipinski definition) is 3. The van der Waals surface area contributed by atoms with Gasteiger partial charge in [0.1, 0.15) is 0 Å². The first kappa shape index (κ1) is 21.9. The summed E-state index contributed by atoms with van der Waals surface area (Å²) >= 11 is 0. The van der Waals surface area contributed by atoms with E-state index in [1.165, 1.54) is 83.5 Å². The van der Waals surface area contributed by atoms with Crippen molar-refractivity contribution >= 4 is 0 Å². The molecule has 0 amide bonds. The van der Waals surface area contributed by atoms with Gasteiger partial charge in [-0.15, -0.1) is 0 Å². The third-order valence-electron chi connectivity index (χ3n) is 4.78. The predicted molar refractivity (Wildman–Crippen MR) is 97.9 cm³/mol. The summed E-state index contributed by atoms with van der Waals surface area (Å²) in [6.45, 7) is 2.89. The Morgan fingerprint density at radius 1 is 0.727 bits per heavy atom. The standard InChI is InChI=1S/C19H42N2O/c1-2-3-4-5-6-7-8-9-10-11-12-13-14-15-19(21)18(16-20)17-22/h18-19,22H,2-17,20-21H2,1H3/t18-,19+/m0/s1. The van der Waals surface area contributed by atoms with Crippen LogP contribution in [0, 0.1) is 5.92 Å². The van der Waals surface area contributed by atoms with Crippen LogP contribution in [0.1, 0.15) is 96.8 Å². The van der Waals surface area contributed by atoms with E-state index in [2.05, 4.69) is 6.92 Å². The summed E-state index contributed by atoms with van der Waals surface area (Å²) in [5.41, 5.74) is 11.6. The van der Waals surface area contributed by atoms with Gasteiger partial charge in [0, 0.05) is 18.6 Å². The van der Waals surface area contributed by atoms with Crippen LogP contribution in [0.5, 0.6) is 0 Å². The highest BCUT2D eigenvalue weighted by molar-refractivity contribution is 4.72. The highest BCUT2D eigenvalue weighted by atomic mass is 16.3. The van der Waals surface area contributed by atoms with E-state index in [-0.39, 0.29) is 18.6 Å². The van der Waals surface area contributed by atoms with E-state index in [4.69, 9.17) is 16.6 Å². The Bertz CT molecular complexity index is 208. The molecule has 0 heterocycles. The fourth-order valence-corrected chi connectivity index (χ4v) is 3.02. The van der Waals surface area contributed by atoms with E-state index in [1.54, 1.807) is 0 Å². The van der Waals surface area contributed by atoms with Crippen LogP contribution in [0.2, 0.25) is 0 Å². The van der Waals surface area contributed by atoms with Crippen molar-refractivity contribution in [2.75, 3.05) is 13.2 Å². The maximum absolute atomic E-state index is 9.14. The lowest BCUT2D eigenvalue weighted by Gasteiger charge is -2.19. The molecule has 0 aromatic rings. The van der Waals surface area contributed by atoms with Crippen molar-refractivity contribution in [3.8, 4) is 0 Å². The lowest BCUT2D eigenvalue weighted by molar-refractivity contribution is 0.203. The fraction of sp³-hybridized carbons (Fsp3) is 1.00. The molecule has 0 aromatic heterocycles. The number of hydrogen-bond donors (Lipinski definition) is 3. The molecule has 0 saturated carbocycles. The van der Waals surface area contributed by atoms with Crippen molar-refractivity contribution in [3.05, 3.63) is 0 Å². The van der Waals surface area contributed by atoms with Crippen LogP contribution in [0.3, 0.4) is 0 Å². The van der Waals surface area contributed by atoms with Gasteiger partial charge in [-0.05, 0) is 13.0 Å². The average Bonchev–Trinajstić information content (AvgIpc) is 2.53. The summed E-state index contributed by atoms with van der Waals surface area (Å²) in [6.07, 6.45) is 18.9. The summed E-state index contributed by atoms with van der Waals surface area (Å²) < 4.78 is 0. The van der Waals surface area contributed by atoms with Gasteiger partial charge in [-0.25, -0.2) is 0 Å². The number of aliphatic hydroxyl groups excluding tert-OH is 1. The second-order valence-electron chi connectivity index (χ2n) is 6.87. The molecule has 0 aliphatic carbocycles. The fourth-order valence-electron chi connectivity index (χ4n) is 3.02. The lowest BCUT2D eigenvalue weighted by Crippen LogP contribution is -2.37. The van der Waals surface area contributed by atoms with Crippen LogP contribution in [0.15, 0.2) is 0 Å². The molecule has 0 spiro atoms. The van der Waals surface area contributed by atoms with Crippen LogP contribution in [0.25, 0.3) is 0 Å². The maximum Gasteiger partial charge on any atom is 0.0486 e. The van der Waals surface area contributed by atoms with Crippen LogP contribution in [0.4, 0.5) is 0 Å². The highest BCUT2D eigenvalue weighted by Gasteiger charge is 2.14. The average molecular weight is 315 g/mol. The van der Waals surface area contributed by atoms with E-state index in [0.29, 0.717) is 6.54 Å². The van der Waals surface area contributed by atoms with Gasteiger partial charge in [0.2, 0.25) is 0 Å². The SMILES string of the molecule is CCCCCCCCCCCCCCC[C@@H](N)[C@@H](CN)CO. The summed E-state index contributed by atoms with van der Waals surface area (Å²) in [6, 6.07) is 0.0720. The minimum atomic E-state index is 0.0720. The molecule has 0 fully saturated rings. The second-order valence-corrected chi connectivity index (χ2v) is 6.87. The third kappa shape index (κ3) is 13.5. The van der Waals surface area contributed by atoms with Gasteiger partial charge >= 0.3 is 0 Å². The Hall–Kier alpha value is -0.120. The number of unbranched alkanes of at least 4 members (excludes halogenated alkanes) is 12. The lowest BCUT2D eigenvalue weighted by atomic mass is 9.95. The molecule has 5 N–H and O–H groups in total. The zero-order chi connectivity index (χ0) is 16.5. The monoisotopic (exact) mass is 314 g/mol. The summed E-state index contributed by atoms with van der Waals surface area (Å²) in [4.78, 5) is 0. The van der Waals surface area contributed by atoms with Gasteiger partial charge in [-0.3, -0.25) is 0 Å². The molecule has 22 heavy (non-hydrogen) atoms. The topological polar surface area (TPSA) is 72.3 Å². The van der Waals surface area contributed by atoms with E-state index < -0.39 is 0 Å². The minimum Gasteiger partial charge on any atom is -0.396 e. The molecule has 0 aliphatic rings. The molecule has 3 heteroatoms. The molecule has 0 aliphatic heterocycles. The van der Waals surface area contributed by atoms with Crippen LogP contribution in [-0.4, -0.2) is 24.3 Å². The largest absolute Gasteiger partial charge is 0.396 e. The second kappa shape index (κ2) is 17.2. The van der Waals surface area contributed by atoms with E-state index in [0.717, 1.165) is 6.42 Å². The zero-order valence-electron chi connectivity index (χ0n) is 15.1. The van der Waals surface area contributed by atoms with Crippen molar-refractivity contribution < 1.29 is 5.11 Å². The Kier molecular flexibility index (Phi) is 17.1. The number of nitrogens with two attached hydrogens (primary N) is 2. The van der Waals surface area contributed by atoms with E-state index >= 15 is 0 Å². The Morgan fingerprint density at radius 2 is 1.14 bits per heavy atom. The smallest absolute Gasteiger partial charge is 0.0486 e. The molecule has 0 radical (unpaired) electrons. The number of rotatable bonds is 17. The normalized spacial score (nSPS) is 14.2. The molecule has 0 unspecified atom stereocenters. The molecule has 0 bridgehead atoms. The Morgan fingerprint density at radius 3 is 1.50 bits per heavy atom. The van der Waals surface area contributed by atoms with Gasteiger partial charge < -0.3 is 16.6 Å². The van der Waals surface area contributed by atoms with Crippen molar-refractivity contribution in [2.45, 2.75) is 103 Å². The first-order valence-corrected chi connectivity index (χ1v) is 9.82. The Labute approximate surface area is 139 Å². The summed E-state index contributed by atoms with van der Waals surface area (Å²) in [7, 11) is 0. The van der Waals surface area contributed by atoms with Crippen LogP contribution >= 0.6 is 0 Å². The van der Waals surface area contributed by atoms with E-state index in [1.807, 2.05) is 0 Å². The van der Waals surface area contributed by atoms with Gasteiger partial charge in [0.25, 0.3) is 0 Å². The van der Waals surface area contributed by atoms with Crippen molar-refractivity contribution in [1.29, 1.82) is 0 Å². The van der Waals surface area contributed by atoms with Gasteiger partial charge in [0.05, 0.1) is 0 Å². The van der Waals surface area contributed by atoms with Crippen molar-refractivity contribution in [3.63, 3.8) is 0 Å². The molecule has 0 rings (SSSR count). The minimum absolute atomic E-state index is 0.0720. The van der Waals surface area contributed by atoms with Crippen LogP contribution < -0.4 is 11.5 Å². The van der Waals surface area contributed by atoms with Gasteiger partial charge in [-0.2, -0.15) is 0 Å². The zero-order valence-corrected chi connectivity index (χ0v) is 15.1. The molecule has 0 aromatic carbocycles. The predicted octanol–water partition coefficient (Wildman–Crippen LogP) is 4.36. The van der Waals surface area contributed by atoms with Gasteiger partial charge in [-0.1, -0.05) is 90.4 Å². The van der Waals surface area contributed by atoms with Gasteiger partial charge in [0.15, 0.2) is 0 Å². The maximum atomic E-state index is 9.14. The quantitative estimate of drug-likeness (QED) is 0.349. The molecule has 3 nitrogen and oxygen atoms in total. The Balaban J connectivity index is 3.17. The third-order valence-corrected chi connectivity index (χ3v) is 4.78. The first-order valence-electron chi connectivity index (χ1n) is 9.82. The number of aliphatic hydroxyl groups is 1. The molecular formula is C19H42N2O. The molecule has 2 atom stereocenters. The summed E-state index contributed by atoms with van der Waals surface area (Å²) in [5, 5.41) is 9.14. The molecular weight excluding hydrogens is 272 g/mol. The summed E-state index contributed by atoms with van der Waals surface area (Å²) in [5.74, 6) is 0.0809. The highest BCUT2D eigenvalue weighted by Crippen LogP contribution is 2.14. The van der Waals surface area contributed by atoms with E-state index in [9.17, 15) is 0 Å².